The quantitative estimate of drug-likeness (QED) is 0.749. The van der Waals surface area contributed by atoms with E-state index in [1.165, 1.54) is 4.90 Å². The number of methoxy groups -OCH3 is 1. The minimum atomic E-state index is -0.223. The maximum Gasteiger partial charge on any atom is 0.255 e. The number of nitrogens with one attached hydrogen (secondary N) is 2. The second-order valence-electron chi connectivity index (χ2n) is 5.84. The van der Waals surface area contributed by atoms with Crippen LogP contribution in [0.1, 0.15) is 16.8 Å². The van der Waals surface area contributed by atoms with Gasteiger partial charge < -0.3 is 20.3 Å². The van der Waals surface area contributed by atoms with E-state index in [0.717, 1.165) is 11.4 Å². The SMILES string of the molecule is COc1ccc(NC(=O)c2ccc(NCC(=O)N(C)CCC#N)cc2)cc1. The largest absolute Gasteiger partial charge is 0.497 e. The Balaban J connectivity index is 1.87. The van der Waals surface area contributed by atoms with Gasteiger partial charge in [-0.15, -0.1) is 0 Å². The van der Waals surface area contributed by atoms with E-state index in [1.807, 2.05) is 6.07 Å². The highest BCUT2D eigenvalue weighted by Gasteiger charge is 2.09. The summed E-state index contributed by atoms with van der Waals surface area (Å²) in [5, 5.41) is 14.4. The van der Waals surface area contributed by atoms with E-state index in [4.69, 9.17) is 10.00 Å². The molecule has 0 fully saturated rings. The maximum absolute atomic E-state index is 12.3. The molecule has 2 amide bonds. The Morgan fingerprint density at radius 2 is 1.70 bits per heavy atom. The number of benzene rings is 2. The lowest BCUT2D eigenvalue weighted by atomic mass is 10.2. The van der Waals surface area contributed by atoms with Crippen LogP contribution in [-0.2, 0) is 4.79 Å². The third-order valence-corrected chi connectivity index (χ3v) is 3.92. The van der Waals surface area contributed by atoms with Crippen LogP contribution in [-0.4, -0.2) is 44.0 Å². The van der Waals surface area contributed by atoms with Gasteiger partial charge in [0, 0.05) is 30.5 Å². The van der Waals surface area contributed by atoms with Gasteiger partial charge >= 0.3 is 0 Å². The van der Waals surface area contributed by atoms with Crippen molar-refractivity contribution >= 4 is 23.2 Å². The summed E-state index contributed by atoms with van der Waals surface area (Å²) in [5.74, 6) is 0.391. The predicted molar refractivity (Wildman–Crippen MR) is 104 cm³/mol. The normalized spacial score (nSPS) is 9.81. The van der Waals surface area contributed by atoms with E-state index in [1.54, 1.807) is 62.7 Å². The molecule has 0 aromatic heterocycles. The van der Waals surface area contributed by atoms with Crippen LogP contribution in [0.25, 0.3) is 0 Å². The molecule has 2 rings (SSSR count). The van der Waals surface area contributed by atoms with Crippen LogP contribution < -0.4 is 15.4 Å². The first kappa shape index (κ1) is 19.8. The molecule has 27 heavy (non-hydrogen) atoms. The second-order valence-corrected chi connectivity index (χ2v) is 5.84. The lowest BCUT2D eigenvalue weighted by molar-refractivity contribution is -0.127. The molecule has 0 saturated heterocycles. The van der Waals surface area contributed by atoms with Gasteiger partial charge in [0.15, 0.2) is 0 Å². The number of hydrogen-bond acceptors (Lipinski definition) is 5. The van der Waals surface area contributed by atoms with Crippen molar-refractivity contribution in [3.8, 4) is 11.8 Å². The Hall–Kier alpha value is -3.53. The van der Waals surface area contributed by atoms with Gasteiger partial charge in [-0.3, -0.25) is 9.59 Å². The zero-order valence-electron chi connectivity index (χ0n) is 15.4. The van der Waals surface area contributed by atoms with Gasteiger partial charge in [0.2, 0.25) is 5.91 Å². The lowest BCUT2D eigenvalue weighted by Crippen LogP contribution is -2.32. The molecule has 7 heteroatoms. The molecule has 0 radical (unpaired) electrons. The molecule has 0 aliphatic heterocycles. The topological polar surface area (TPSA) is 94.5 Å². The summed E-state index contributed by atoms with van der Waals surface area (Å²) in [6.07, 6.45) is 0.306. The van der Waals surface area contributed by atoms with E-state index in [2.05, 4.69) is 10.6 Å². The molecule has 0 aliphatic rings. The molecule has 0 unspecified atom stereocenters. The fourth-order valence-electron chi connectivity index (χ4n) is 2.27. The van der Waals surface area contributed by atoms with Crippen LogP contribution in [0.4, 0.5) is 11.4 Å². The molecule has 7 nitrogen and oxygen atoms in total. The maximum atomic E-state index is 12.3. The van der Waals surface area contributed by atoms with Crippen molar-refractivity contribution in [2.75, 3.05) is 37.9 Å². The summed E-state index contributed by atoms with van der Waals surface area (Å²) in [4.78, 5) is 25.7. The van der Waals surface area contributed by atoms with Crippen molar-refractivity contribution in [2.24, 2.45) is 0 Å². The fourth-order valence-corrected chi connectivity index (χ4v) is 2.27. The Morgan fingerprint density at radius 1 is 1.07 bits per heavy atom. The van der Waals surface area contributed by atoms with Crippen LogP contribution in [0.5, 0.6) is 5.75 Å². The average molecular weight is 366 g/mol. The summed E-state index contributed by atoms with van der Waals surface area (Å²) in [6, 6.07) is 15.9. The van der Waals surface area contributed by atoms with Gasteiger partial charge in [-0.25, -0.2) is 0 Å². The third kappa shape index (κ3) is 6.04. The van der Waals surface area contributed by atoms with Gasteiger partial charge in [0.25, 0.3) is 5.91 Å². The van der Waals surface area contributed by atoms with E-state index >= 15 is 0 Å². The first-order chi connectivity index (χ1) is 13.0. The Morgan fingerprint density at radius 3 is 2.30 bits per heavy atom. The number of hydrogen-bond donors (Lipinski definition) is 2. The van der Waals surface area contributed by atoms with Crippen LogP contribution in [0, 0.1) is 11.3 Å². The smallest absolute Gasteiger partial charge is 0.255 e. The van der Waals surface area contributed by atoms with E-state index in [-0.39, 0.29) is 18.4 Å². The summed E-state index contributed by atoms with van der Waals surface area (Å²) in [7, 11) is 3.25. The first-order valence-electron chi connectivity index (χ1n) is 8.43. The van der Waals surface area contributed by atoms with Gasteiger partial charge in [0.05, 0.1) is 26.1 Å². The van der Waals surface area contributed by atoms with Crippen LogP contribution in [0.3, 0.4) is 0 Å². The minimum Gasteiger partial charge on any atom is -0.497 e. The van der Waals surface area contributed by atoms with Crippen LogP contribution in [0.15, 0.2) is 48.5 Å². The highest BCUT2D eigenvalue weighted by atomic mass is 16.5. The van der Waals surface area contributed by atoms with E-state index in [0.29, 0.717) is 24.2 Å². The number of likely N-dealkylation sites (N-methyl/N-ethyl adjacent to an activating group) is 1. The number of anilines is 2. The van der Waals surface area contributed by atoms with Crippen LogP contribution >= 0.6 is 0 Å². The molecular weight excluding hydrogens is 344 g/mol. The number of ether oxygens (including phenoxy) is 1. The minimum absolute atomic E-state index is 0.105. The second kappa shape index (κ2) is 9.82. The van der Waals surface area contributed by atoms with Crippen molar-refractivity contribution in [1.82, 2.24) is 4.90 Å². The zero-order chi connectivity index (χ0) is 19.6. The third-order valence-electron chi connectivity index (χ3n) is 3.92. The summed E-state index contributed by atoms with van der Waals surface area (Å²) >= 11 is 0. The molecule has 0 spiro atoms. The van der Waals surface area contributed by atoms with Crippen molar-refractivity contribution in [2.45, 2.75) is 6.42 Å². The molecule has 0 aliphatic carbocycles. The molecular formula is C20H22N4O3. The molecule has 2 aromatic rings. The number of nitriles is 1. The van der Waals surface area contributed by atoms with Crippen molar-refractivity contribution in [3.63, 3.8) is 0 Å². The molecule has 0 atom stereocenters. The molecule has 140 valence electrons. The van der Waals surface area contributed by atoms with Crippen molar-refractivity contribution < 1.29 is 14.3 Å². The van der Waals surface area contributed by atoms with Crippen molar-refractivity contribution in [1.29, 1.82) is 5.26 Å². The van der Waals surface area contributed by atoms with E-state index in [9.17, 15) is 9.59 Å². The number of amides is 2. The Kier molecular flexibility index (Phi) is 7.20. The number of carbonyl (C=O) groups is 2. The highest BCUT2D eigenvalue weighted by Crippen LogP contribution is 2.16. The highest BCUT2D eigenvalue weighted by molar-refractivity contribution is 6.04. The van der Waals surface area contributed by atoms with E-state index < -0.39 is 0 Å². The fraction of sp³-hybridized carbons (Fsp3) is 0.250. The number of nitrogens with zero attached hydrogens (tertiary/aromatic N) is 2. The molecule has 0 saturated carbocycles. The molecule has 2 aromatic carbocycles. The molecule has 0 heterocycles. The summed E-state index contributed by atoms with van der Waals surface area (Å²) < 4.78 is 5.08. The molecule has 2 N–H and O–H groups in total. The zero-order valence-corrected chi connectivity index (χ0v) is 15.4. The Bertz CT molecular complexity index is 811. The summed E-state index contributed by atoms with van der Waals surface area (Å²) in [6.45, 7) is 0.529. The van der Waals surface area contributed by atoms with Gasteiger partial charge in [-0.05, 0) is 48.5 Å². The van der Waals surface area contributed by atoms with Crippen molar-refractivity contribution in [3.05, 3.63) is 54.1 Å². The number of rotatable bonds is 8. The number of carbonyl (C=O) groups excluding carboxylic acids is 2. The first-order valence-corrected chi connectivity index (χ1v) is 8.43. The van der Waals surface area contributed by atoms with Crippen LogP contribution in [0.2, 0.25) is 0 Å². The lowest BCUT2D eigenvalue weighted by Gasteiger charge is -2.16. The standard InChI is InChI=1S/C20H22N4O3/c1-24(13-3-12-21)19(25)14-22-16-6-4-15(5-7-16)20(26)23-17-8-10-18(27-2)11-9-17/h4-11,22H,3,13-14H2,1-2H3,(H,23,26). The average Bonchev–Trinajstić information content (AvgIpc) is 2.71. The predicted octanol–water partition coefficient (Wildman–Crippen LogP) is 2.73. The van der Waals surface area contributed by atoms with Gasteiger partial charge in [0.1, 0.15) is 5.75 Å². The van der Waals surface area contributed by atoms with Gasteiger partial charge in [-0.1, -0.05) is 0 Å². The molecule has 0 bridgehead atoms. The van der Waals surface area contributed by atoms with Gasteiger partial charge in [-0.2, -0.15) is 5.26 Å². The Labute approximate surface area is 158 Å². The summed E-state index contributed by atoms with van der Waals surface area (Å²) in [5.41, 5.74) is 1.92. The monoisotopic (exact) mass is 366 g/mol.